The molecule has 0 aliphatic carbocycles. The largest absolute Gasteiger partial charge is 0.373 e. The van der Waals surface area contributed by atoms with Crippen molar-refractivity contribution < 1.29 is 9.47 Å². The molecule has 0 N–H and O–H groups in total. The molecule has 3 aliphatic heterocycles. The zero-order valence-corrected chi connectivity index (χ0v) is 24.2. The van der Waals surface area contributed by atoms with E-state index in [1.54, 1.807) is 0 Å². The Bertz CT molecular complexity index is 826. The second-order valence-electron chi connectivity index (χ2n) is 13.5. The van der Waals surface area contributed by atoms with E-state index in [9.17, 15) is 0 Å². The first kappa shape index (κ1) is 27.7. The number of hydrogen-bond donors (Lipinski definition) is 0. The van der Waals surface area contributed by atoms with E-state index in [2.05, 4.69) is 70.1 Å². The van der Waals surface area contributed by atoms with Gasteiger partial charge in [-0.3, -0.25) is 14.8 Å². The van der Waals surface area contributed by atoms with E-state index < -0.39 is 0 Å². The molecule has 0 unspecified atom stereocenters. The van der Waals surface area contributed by atoms with Crippen LogP contribution >= 0.6 is 0 Å². The van der Waals surface area contributed by atoms with Crippen LogP contribution in [0.5, 0.6) is 0 Å². The number of aromatic nitrogens is 2. The molecule has 4 heterocycles. The second-order valence-corrected chi connectivity index (χ2v) is 13.5. The van der Waals surface area contributed by atoms with Crippen LogP contribution in [0, 0.1) is 0 Å². The summed E-state index contributed by atoms with van der Waals surface area (Å²) >= 11 is 0. The number of piperidine rings is 1. The maximum atomic E-state index is 6.41. The van der Waals surface area contributed by atoms with E-state index in [0.717, 1.165) is 50.5 Å². The van der Waals surface area contributed by atoms with Crippen molar-refractivity contribution in [2.45, 2.75) is 122 Å². The molecule has 36 heavy (non-hydrogen) atoms. The lowest BCUT2D eigenvalue weighted by Crippen LogP contribution is -2.56. The van der Waals surface area contributed by atoms with Gasteiger partial charge in [0, 0.05) is 56.3 Å². The quantitative estimate of drug-likeness (QED) is 0.589. The Morgan fingerprint density at radius 2 is 1.42 bits per heavy atom. The third kappa shape index (κ3) is 7.18. The lowest BCUT2D eigenvalue weighted by Gasteiger charge is -2.47. The van der Waals surface area contributed by atoms with Crippen LogP contribution in [-0.4, -0.2) is 95.0 Å². The van der Waals surface area contributed by atoms with Crippen molar-refractivity contribution in [1.82, 2.24) is 19.8 Å². The van der Waals surface area contributed by atoms with E-state index in [4.69, 9.17) is 19.4 Å². The normalized spacial score (nSPS) is 30.1. The summed E-state index contributed by atoms with van der Waals surface area (Å²) in [6, 6.07) is 0.688. The summed E-state index contributed by atoms with van der Waals surface area (Å²) in [5.41, 5.74) is 1.32. The van der Waals surface area contributed by atoms with Crippen LogP contribution in [0.25, 0.3) is 0 Å². The smallest absolute Gasteiger partial charge is 0.147 e. The van der Waals surface area contributed by atoms with E-state index in [1.807, 2.05) is 12.4 Å². The van der Waals surface area contributed by atoms with Gasteiger partial charge in [0.1, 0.15) is 5.82 Å². The third-order valence-electron chi connectivity index (χ3n) is 8.15. The van der Waals surface area contributed by atoms with Crippen molar-refractivity contribution in [3.8, 4) is 0 Å². The lowest BCUT2D eigenvalue weighted by atomic mass is 9.93. The first-order valence-electron chi connectivity index (χ1n) is 14.3. The minimum Gasteiger partial charge on any atom is -0.373 e. The van der Waals surface area contributed by atoms with Crippen molar-refractivity contribution >= 4 is 5.82 Å². The molecule has 3 saturated heterocycles. The first-order chi connectivity index (χ1) is 16.9. The molecule has 7 heteroatoms. The average molecular weight is 502 g/mol. The molecule has 3 aliphatic rings. The molecular weight excluding hydrogens is 450 g/mol. The van der Waals surface area contributed by atoms with Gasteiger partial charge in [0.2, 0.25) is 0 Å². The van der Waals surface area contributed by atoms with Crippen LogP contribution in [0.4, 0.5) is 5.82 Å². The van der Waals surface area contributed by atoms with Crippen LogP contribution in [0.2, 0.25) is 0 Å². The maximum absolute atomic E-state index is 6.41. The maximum Gasteiger partial charge on any atom is 0.147 e. The van der Waals surface area contributed by atoms with Crippen LogP contribution < -0.4 is 4.90 Å². The van der Waals surface area contributed by atoms with E-state index in [1.165, 1.54) is 25.9 Å². The van der Waals surface area contributed by atoms with Gasteiger partial charge < -0.3 is 14.4 Å². The van der Waals surface area contributed by atoms with Crippen molar-refractivity contribution in [2.24, 2.45) is 0 Å². The highest BCUT2D eigenvalue weighted by atomic mass is 16.5. The fourth-order valence-corrected chi connectivity index (χ4v) is 6.08. The van der Waals surface area contributed by atoms with Gasteiger partial charge in [-0.05, 0) is 60.3 Å². The fraction of sp³-hybridized carbons (Fsp3) is 0.862. The topological polar surface area (TPSA) is 54.0 Å². The molecule has 3 fully saturated rings. The van der Waals surface area contributed by atoms with Crippen LogP contribution in [-0.2, 0) is 14.9 Å². The Balaban J connectivity index is 1.29. The summed E-state index contributed by atoms with van der Waals surface area (Å²) in [5, 5.41) is 0. The molecular formula is C29H51N5O2. The lowest BCUT2D eigenvalue weighted by molar-refractivity contribution is -0.105. The highest BCUT2D eigenvalue weighted by molar-refractivity contribution is 5.37. The molecule has 0 amide bonds. The zero-order chi connectivity index (χ0) is 26.1. The molecule has 0 spiro atoms. The number of nitrogens with zero attached hydrogens (tertiary/aromatic N) is 5. The number of likely N-dealkylation sites (tertiary alicyclic amines) is 1. The summed E-state index contributed by atoms with van der Waals surface area (Å²) in [5.74, 6) is 0.957. The summed E-state index contributed by atoms with van der Waals surface area (Å²) < 4.78 is 12.8. The fourth-order valence-electron chi connectivity index (χ4n) is 6.08. The number of hydrogen-bond acceptors (Lipinski definition) is 7. The minimum absolute atomic E-state index is 0.0149. The van der Waals surface area contributed by atoms with E-state index in [0.29, 0.717) is 12.1 Å². The second kappa shape index (κ2) is 11.2. The van der Waals surface area contributed by atoms with Crippen molar-refractivity contribution in [2.75, 3.05) is 44.2 Å². The van der Waals surface area contributed by atoms with Crippen molar-refractivity contribution in [3.63, 3.8) is 0 Å². The van der Waals surface area contributed by atoms with Gasteiger partial charge in [0.25, 0.3) is 0 Å². The highest BCUT2D eigenvalue weighted by Gasteiger charge is 2.35. The Labute approximate surface area is 219 Å². The van der Waals surface area contributed by atoms with Gasteiger partial charge >= 0.3 is 0 Å². The number of rotatable bonds is 5. The van der Waals surface area contributed by atoms with Gasteiger partial charge in [0.15, 0.2) is 0 Å². The Morgan fingerprint density at radius 3 is 1.97 bits per heavy atom. The monoisotopic (exact) mass is 501 g/mol. The molecule has 204 valence electrons. The molecule has 0 aromatic carbocycles. The molecule has 0 radical (unpaired) electrons. The highest BCUT2D eigenvalue weighted by Crippen LogP contribution is 2.28. The number of ether oxygens (including phenoxy) is 2. The van der Waals surface area contributed by atoms with Gasteiger partial charge in [-0.2, -0.15) is 0 Å². The Kier molecular flexibility index (Phi) is 8.65. The molecule has 4 atom stereocenters. The summed E-state index contributed by atoms with van der Waals surface area (Å²) in [7, 11) is 0. The predicted octanol–water partition coefficient (Wildman–Crippen LogP) is 4.50. The minimum atomic E-state index is 0.0149. The number of morpholine rings is 2. The predicted molar refractivity (Wildman–Crippen MR) is 147 cm³/mol. The molecule has 4 rings (SSSR count). The summed E-state index contributed by atoms with van der Waals surface area (Å²) in [4.78, 5) is 17.2. The zero-order valence-electron chi connectivity index (χ0n) is 24.2. The summed E-state index contributed by atoms with van der Waals surface area (Å²) in [6.07, 6.45) is 9.42. The third-order valence-corrected chi connectivity index (χ3v) is 8.15. The Morgan fingerprint density at radius 1 is 0.806 bits per heavy atom. The van der Waals surface area contributed by atoms with Crippen LogP contribution in [0.15, 0.2) is 12.4 Å². The molecule has 1 aromatic heterocycles. The molecule has 7 nitrogen and oxygen atoms in total. The Hall–Kier alpha value is -1.28. The summed E-state index contributed by atoms with van der Waals surface area (Å²) in [6.45, 7) is 24.2. The molecule has 0 saturated carbocycles. The van der Waals surface area contributed by atoms with Crippen LogP contribution in [0.3, 0.4) is 0 Å². The van der Waals surface area contributed by atoms with E-state index in [-0.39, 0.29) is 29.3 Å². The molecule has 1 aromatic rings. The number of anilines is 1. The van der Waals surface area contributed by atoms with Gasteiger partial charge in [-0.15, -0.1) is 0 Å². The molecule has 0 bridgehead atoms. The van der Waals surface area contributed by atoms with Gasteiger partial charge in [-0.25, -0.2) is 4.98 Å². The van der Waals surface area contributed by atoms with Gasteiger partial charge in [-0.1, -0.05) is 20.8 Å². The van der Waals surface area contributed by atoms with Gasteiger partial charge in [0.05, 0.1) is 42.5 Å². The first-order valence-corrected chi connectivity index (χ1v) is 14.3. The van der Waals surface area contributed by atoms with Crippen molar-refractivity contribution in [1.29, 1.82) is 0 Å². The van der Waals surface area contributed by atoms with E-state index >= 15 is 0 Å². The van der Waals surface area contributed by atoms with Crippen LogP contribution in [0.1, 0.15) is 86.8 Å². The average Bonchev–Trinajstić information content (AvgIpc) is 2.81. The van der Waals surface area contributed by atoms with Crippen molar-refractivity contribution in [3.05, 3.63) is 18.1 Å². The SMILES string of the molecule is C[C@@H]1CN(c2cnc(C(C)(C)C)cn2)C[C@H](CC[C@@H]2CN(C3CCN(C(C)(C)C)CC3)C[C@H](C)O2)O1. The standard InChI is InChI=1S/C29H51N5O2/c1-21-17-32(23-11-13-34(14-12-23)29(6,7)8)19-24(35-21)9-10-25-20-33(18-22(2)36-25)27-16-30-26(15-31-27)28(3,4)5/h15-16,21-25H,9-14,17-20H2,1-8H3/t21-,22+,24+,25-/m0/s1.